The number of likely N-dealkylation sites (tertiary alicyclic amines) is 1. The number of piperidine rings is 1. The number of nitrogens with zero attached hydrogens (tertiary/aromatic N) is 2. The second-order valence-electron chi connectivity index (χ2n) is 6.83. The molecule has 1 aromatic heterocycles. The lowest BCUT2D eigenvalue weighted by molar-refractivity contribution is -0.132. The number of sulfonamides is 1. The minimum Gasteiger partial charge on any atom is -0.474 e. The summed E-state index contributed by atoms with van der Waals surface area (Å²) in [6.07, 6.45) is 3.41. The van der Waals surface area contributed by atoms with E-state index in [4.69, 9.17) is 4.74 Å². The monoisotopic (exact) mass is 403 g/mol. The van der Waals surface area contributed by atoms with E-state index in [1.165, 1.54) is 12.1 Å². The maximum absolute atomic E-state index is 12.4. The van der Waals surface area contributed by atoms with E-state index >= 15 is 0 Å². The van der Waals surface area contributed by atoms with E-state index in [1.54, 1.807) is 29.3 Å². The van der Waals surface area contributed by atoms with Gasteiger partial charge in [0.05, 0.1) is 4.90 Å². The van der Waals surface area contributed by atoms with Crippen molar-refractivity contribution in [1.29, 1.82) is 0 Å². The van der Waals surface area contributed by atoms with Crippen molar-refractivity contribution in [3.63, 3.8) is 0 Å². The van der Waals surface area contributed by atoms with E-state index in [0.717, 1.165) is 18.4 Å². The van der Waals surface area contributed by atoms with Gasteiger partial charge in [-0.15, -0.1) is 0 Å². The number of ether oxygens (including phenoxy) is 1. The molecule has 1 N–H and O–H groups in total. The Kier molecular flexibility index (Phi) is 6.64. The van der Waals surface area contributed by atoms with E-state index < -0.39 is 10.0 Å². The van der Waals surface area contributed by atoms with Crippen molar-refractivity contribution < 1.29 is 17.9 Å². The molecule has 1 fully saturated rings. The van der Waals surface area contributed by atoms with Crippen LogP contribution >= 0.6 is 0 Å². The van der Waals surface area contributed by atoms with Crippen molar-refractivity contribution in [3.05, 3.63) is 54.2 Å². The fourth-order valence-electron chi connectivity index (χ4n) is 3.05. The molecule has 0 atom stereocenters. The summed E-state index contributed by atoms with van der Waals surface area (Å²) in [4.78, 5) is 18.6. The van der Waals surface area contributed by atoms with Crippen LogP contribution in [0.15, 0.2) is 53.6 Å². The minimum absolute atomic E-state index is 0.0378. The molecule has 1 saturated heterocycles. The van der Waals surface area contributed by atoms with Gasteiger partial charge >= 0.3 is 0 Å². The first-order valence-electron chi connectivity index (χ1n) is 9.36. The number of pyridine rings is 1. The molecule has 1 aliphatic rings. The molecule has 0 saturated carbocycles. The third-order valence-corrected chi connectivity index (χ3v) is 6.13. The molecular weight excluding hydrogens is 378 g/mol. The van der Waals surface area contributed by atoms with E-state index in [0.29, 0.717) is 19.0 Å². The third-order valence-electron chi connectivity index (χ3n) is 4.65. The molecule has 28 heavy (non-hydrogen) atoms. The van der Waals surface area contributed by atoms with Gasteiger partial charge in [-0.05, 0) is 24.6 Å². The number of hydrogen-bond donors (Lipinski definition) is 1. The number of hydrogen-bond acceptors (Lipinski definition) is 5. The second kappa shape index (κ2) is 9.16. The SMILES string of the molecule is Cc1ccc(OC2CCN(C(=O)CCNS(=O)(=O)c3ccccc3)CC2)nc1. The van der Waals surface area contributed by atoms with Gasteiger partial charge in [0, 0.05) is 51.2 Å². The Morgan fingerprint density at radius 3 is 2.54 bits per heavy atom. The number of rotatable bonds is 7. The van der Waals surface area contributed by atoms with Crippen LogP contribution in [0.3, 0.4) is 0 Å². The van der Waals surface area contributed by atoms with Gasteiger partial charge in [0.1, 0.15) is 6.10 Å². The summed E-state index contributed by atoms with van der Waals surface area (Å²) in [5, 5.41) is 0. The van der Waals surface area contributed by atoms with Gasteiger partial charge in [0.25, 0.3) is 0 Å². The van der Waals surface area contributed by atoms with Crippen LogP contribution in [0.2, 0.25) is 0 Å². The van der Waals surface area contributed by atoms with E-state index in [2.05, 4.69) is 9.71 Å². The van der Waals surface area contributed by atoms with Crippen molar-refractivity contribution in [2.75, 3.05) is 19.6 Å². The molecule has 2 heterocycles. The number of carbonyl (C=O) groups excluding carboxylic acids is 1. The number of nitrogens with one attached hydrogen (secondary N) is 1. The average molecular weight is 404 g/mol. The van der Waals surface area contributed by atoms with Crippen LogP contribution < -0.4 is 9.46 Å². The first-order chi connectivity index (χ1) is 13.4. The molecule has 0 unspecified atom stereocenters. The lowest BCUT2D eigenvalue weighted by Crippen LogP contribution is -2.42. The minimum atomic E-state index is -3.58. The van der Waals surface area contributed by atoms with Crippen LogP contribution in [-0.4, -0.2) is 49.9 Å². The number of benzene rings is 1. The Morgan fingerprint density at radius 2 is 1.89 bits per heavy atom. The van der Waals surface area contributed by atoms with Crippen LogP contribution in [0.25, 0.3) is 0 Å². The summed E-state index contributed by atoms with van der Waals surface area (Å²) in [5.74, 6) is 0.549. The topological polar surface area (TPSA) is 88.6 Å². The molecular formula is C20H25N3O4S. The predicted octanol–water partition coefficient (Wildman–Crippen LogP) is 2.13. The molecule has 1 aromatic carbocycles. The fraction of sp³-hybridized carbons (Fsp3) is 0.400. The largest absolute Gasteiger partial charge is 0.474 e. The standard InChI is InChI=1S/C20H25N3O4S/c1-16-7-8-19(21-15-16)27-17-10-13-23(14-11-17)20(24)9-12-22-28(25,26)18-5-3-2-4-6-18/h2-8,15,17,22H,9-14H2,1H3. The quantitative estimate of drug-likeness (QED) is 0.765. The van der Waals surface area contributed by atoms with Gasteiger partial charge in [0.15, 0.2) is 0 Å². The molecule has 0 aliphatic carbocycles. The number of aryl methyl sites for hydroxylation is 1. The fourth-order valence-corrected chi connectivity index (χ4v) is 4.10. The molecule has 7 nitrogen and oxygen atoms in total. The highest BCUT2D eigenvalue weighted by Crippen LogP contribution is 2.18. The highest BCUT2D eigenvalue weighted by Gasteiger charge is 2.24. The number of aromatic nitrogens is 1. The highest BCUT2D eigenvalue weighted by atomic mass is 32.2. The van der Waals surface area contributed by atoms with Crippen LogP contribution in [-0.2, 0) is 14.8 Å². The smallest absolute Gasteiger partial charge is 0.240 e. The molecule has 1 aliphatic heterocycles. The van der Waals surface area contributed by atoms with Gasteiger partial charge in [-0.1, -0.05) is 24.3 Å². The first-order valence-corrected chi connectivity index (χ1v) is 10.8. The van der Waals surface area contributed by atoms with Crippen molar-refractivity contribution in [2.45, 2.75) is 37.2 Å². The molecule has 0 bridgehead atoms. The highest BCUT2D eigenvalue weighted by molar-refractivity contribution is 7.89. The Hall–Kier alpha value is -2.45. The Labute approximate surface area is 165 Å². The molecule has 8 heteroatoms. The zero-order chi connectivity index (χ0) is 20.0. The van der Waals surface area contributed by atoms with Crippen molar-refractivity contribution >= 4 is 15.9 Å². The van der Waals surface area contributed by atoms with Gasteiger partial charge in [-0.25, -0.2) is 18.1 Å². The van der Waals surface area contributed by atoms with E-state index in [1.807, 2.05) is 19.1 Å². The van der Waals surface area contributed by atoms with Crippen molar-refractivity contribution in [1.82, 2.24) is 14.6 Å². The molecule has 0 spiro atoms. The summed E-state index contributed by atoms with van der Waals surface area (Å²) < 4.78 is 32.7. The molecule has 150 valence electrons. The predicted molar refractivity (Wildman–Crippen MR) is 105 cm³/mol. The Bertz CT molecular complexity index is 877. The average Bonchev–Trinajstić information content (AvgIpc) is 2.71. The summed E-state index contributed by atoms with van der Waals surface area (Å²) in [5.41, 5.74) is 1.08. The second-order valence-corrected chi connectivity index (χ2v) is 8.60. The van der Waals surface area contributed by atoms with Crippen molar-refractivity contribution in [3.8, 4) is 5.88 Å². The van der Waals surface area contributed by atoms with Crippen LogP contribution in [0.4, 0.5) is 0 Å². The third kappa shape index (κ3) is 5.53. The van der Waals surface area contributed by atoms with E-state index in [-0.39, 0.29) is 29.9 Å². The maximum atomic E-state index is 12.4. The summed E-state index contributed by atoms with van der Waals surface area (Å²) in [7, 11) is -3.58. The number of amides is 1. The first kappa shape index (κ1) is 20.3. The van der Waals surface area contributed by atoms with Gasteiger partial charge in [-0.3, -0.25) is 4.79 Å². The van der Waals surface area contributed by atoms with Crippen LogP contribution in [0, 0.1) is 6.92 Å². The Balaban J connectivity index is 1.41. The van der Waals surface area contributed by atoms with Gasteiger partial charge < -0.3 is 9.64 Å². The zero-order valence-corrected chi connectivity index (χ0v) is 16.7. The molecule has 3 rings (SSSR count). The zero-order valence-electron chi connectivity index (χ0n) is 15.9. The van der Waals surface area contributed by atoms with Gasteiger partial charge in [0.2, 0.25) is 21.8 Å². The summed E-state index contributed by atoms with van der Waals surface area (Å²) >= 11 is 0. The molecule has 0 radical (unpaired) electrons. The molecule has 1 amide bonds. The lowest BCUT2D eigenvalue weighted by atomic mass is 10.1. The molecule has 2 aromatic rings. The van der Waals surface area contributed by atoms with E-state index in [9.17, 15) is 13.2 Å². The van der Waals surface area contributed by atoms with Crippen molar-refractivity contribution in [2.24, 2.45) is 0 Å². The summed E-state index contributed by atoms with van der Waals surface area (Å²) in [6.45, 7) is 3.25. The van der Waals surface area contributed by atoms with Crippen LogP contribution in [0.5, 0.6) is 5.88 Å². The number of carbonyl (C=O) groups is 1. The summed E-state index contributed by atoms with van der Waals surface area (Å²) in [6, 6.07) is 11.9. The normalized spacial score (nSPS) is 15.4. The Morgan fingerprint density at radius 1 is 1.18 bits per heavy atom. The van der Waals surface area contributed by atoms with Gasteiger partial charge in [-0.2, -0.15) is 0 Å². The lowest BCUT2D eigenvalue weighted by Gasteiger charge is -2.32. The van der Waals surface area contributed by atoms with Crippen LogP contribution in [0.1, 0.15) is 24.8 Å². The maximum Gasteiger partial charge on any atom is 0.240 e.